The smallest absolute Gasteiger partial charge is 0.322 e. The summed E-state index contributed by atoms with van der Waals surface area (Å²) in [4.78, 5) is 10.9. The van der Waals surface area contributed by atoms with Crippen LogP contribution in [0.25, 0.3) is 0 Å². The first-order valence-electron chi connectivity index (χ1n) is 3.79. The second-order valence-electron chi connectivity index (χ2n) is 3.24. The van der Waals surface area contributed by atoms with Crippen LogP contribution in [-0.4, -0.2) is 31.1 Å². The Labute approximate surface area is 68.1 Å². The van der Waals surface area contributed by atoms with Crippen molar-refractivity contribution in [2.45, 2.75) is 24.4 Å². The van der Waals surface area contributed by atoms with Crippen molar-refractivity contribution in [3.8, 4) is 0 Å². The lowest BCUT2D eigenvalue weighted by molar-refractivity contribution is -0.143. The normalized spacial score (nSPS) is 42.1. The monoisotopic (exact) mass is 177 g/mol. The summed E-state index contributed by atoms with van der Waals surface area (Å²) < 4.78 is 29.6. The van der Waals surface area contributed by atoms with E-state index in [9.17, 15) is 13.6 Å². The van der Waals surface area contributed by atoms with Gasteiger partial charge in [-0.15, -0.1) is 0 Å². The third-order valence-corrected chi connectivity index (χ3v) is 2.56. The number of hydrogen-bond donors (Lipinski definition) is 1. The van der Waals surface area contributed by atoms with Crippen LogP contribution in [0.5, 0.6) is 0 Å². The van der Waals surface area contributed by atoms with Crippen molar-refractivity contribution in [3.63, 3.8) is 0 Å². The molecule has 1 N–H and O–H groups in total. The third kappa shape index (κ3) is 0.857. The number of halogens is 2. The second kappa shape index (κ2) is 2.16. The topological polar surface area (TPSA) is 38.3 Å². The van der Waals surface area contributed by atoms with Crippen molar-refractivity contribution in [2.75, 3.05) is 7.11 Å². The standard InChI is InChI=1S/C7H9F2NO2/c1-12-6(11)4-2-3-5(10-4)7(3,8)9/h3-5,10H,2H2,1H3/t3-,4-,5+/m0/s1. The average molecular weight is 177 g/mol. The number of carbonyl (C=O) groups is 1. The predicted octanol–water partition coefficient (Wildman–Crippen LogP) is 0.155. The van der Waals surface area contributed by atoms with E-state index in [4.69, 9.17) is 0 Å². The minimum absolute atomic E-state index is 0.199. The van der Waals surface area contributed by atoms with Crippen molar-refractivity contribution in [3.05, 3.63) is 0 Å². The maximum absolute atomic E-state index is 12.6. The zero-order chi connectivity index (χ0) is 8.93. The first-order valence-corrected chi connectivity index (χ1v) is 3.79. The molecule has 0 aromatic heterocycles. The molecule has 1 saturated carbocycles. The molecule has 3 nitrogen and oxygen atoms in total. The van der Waals surface area contributed by atoms with Gasteiger partial charge < -0.3 is 4.74 Å². The fourth-order valence-electron chi connectivity index (χ4n) is 1.76. The van der Waals surface area contributed by atoms with Gasteiger partial charge in [0.2, 0.25) is 0 Å². The van der Waals surface area contributed by atoms with Crippen LogP contribution in [0.2, 0.25) is 0 Å². The van der Waals surface area contributed by atoms with Gasteiger partial charge in [0.15, 0.2) is 0 Å². The summed E-state index contributed by atoms with van der Waals surface area (Å²) in [6, 6.07) is -1.31. The Morgan fingerprint density at radius 1 is 1.67 bits per heavy atom. The highest BCUT2D eigenvalue weighted by atomic mass is 19.3. The Morgan fingerprint density at radius 3 is 2.75 bits per heavy atom. The number of ether oxygens (including phenoxy) is 1. The molecule has 0 spiro atoms. The first-order chi connectivity index (χ1) is 5.57. The van der Waals surface area contributed by atoms with E-state index in [0.29, 0.717) is 0 Å². The van der Waals surface area contributed by atoms with E-state index in [1.807, 2.05) is 0 Å². The van der Waals surface area contributed by atoms with Gasteiger partial charge in [-0.25, -0.2) is 8.78 Å². The summed E-state index contributed by atoms with van der Waals surface area (Å²) in [5.74, 6) is -3.69. The van der Waals surface area contributed by atoms with Gasteiger partial charge in [-0.3, -0.25) is 10.1 Å². The summed E-state index contributed by atoms with van der Waals surface area (Å²) in [6.45, 7) is 0. The lowest BCUT2D eigenvalue weighted by atomic mass is 10.2. The summed E-state index contributed by atoms with van der Waals surface area (Å²) in [6.07, 6.45) is 0.199. The number of hydrogen-bond acceptors (Lipinski definition) is 3. The third-order valence-electron chi connectivity index (χ3n) is 2.56. The molecule has 0 radical (unpaired) electrons. The SMILES string of the molecule is COC(=O)[C@@H]1C[C@H]2[C@@H](N1)C2(F)F. The number of esters is 1. The molecular formula is C7H9F2NO2. The minimum Gasteiger partial charge on any atom is -0.468 e. The highest BCUT2D eigenvalue weighted by Crippen LogP contribution is 2.55. The van der Waals surface area contributed by atoms with Gasteiger partial charge in [0.25, 0.3) is 5.92 Å². The molecule has 1 aliphatic carbocycles. The van der Waals surface area contributed by atoms with Crippen LogP contribution in [0.1, 0.15) is 6.42 Å². The number of methoxy groups -OCH3 is 1. The molecule has 2 fully saturated rings. The van der Waals surface area contributed by atoms with Gasteiger partial charge in [0.1, 0.15) is 6.04 Å². The number of carbonyl (C=O) groups excluding carboxylic acids is 1. The second-order valence-corrected chi connectivity index (χ2v) is 3.24. The fourth-order valence-corrected chi connectivity index (χ4v) is 1.76. The van der Waals surface area contributed by atoms with E-state index >= 15 is 0 Å². The van der Waals surface area contributed by atoms with Crippen molar-refractivity contribution in [1.82, 2.24) is 5.32 Å². The quantitative estimate of drug-likeness (QED) is 0.579. The van der Waals surface area contributed by atoms with Gasteiger partial charge in [-0.05, 0) is 6.42 Å². The highest BCUT2D eigenvalue weighted by Gasteiger charge is 2.72. The van der Waals surface area contributed by atoms with E-state index < -0.39 is 29.9 Å². The molecule has 1 saturated heterocycles. The van der Waals surface area contributed by atoms with Crippen LogP contribution in [0.4, 0.5) is 8.78 Å². The zero-order valence-corrected chi connectivity index (χ0v) is 6.51. The van der Waals surface area contributed by atoms with E-state index in [1.54, 1.807) is 0 Å². The van der Waals surface area contributed by atoms with Crippen molar-refractivity contribution in [1.29, 1.82) is 0 Å². The fraction of sp³-hybridized carbons (Fsp3) is 0.857. The molecule has 0 bridgehead atoms. The molecule has 1 heterocycles. The number of rotatable bonds is 1. The zero-order valence-electron chi connectivity index (χ0n) is 6.51. The molecule has 0 unspecified atom stereocenters. The number of nitrogens with one attached hydrogen (secondary N) is 1. The van der Waals surface area contributed by atoms with Crippen molar-refractivity contribution < 1.29 is 18.3 Å². The first kappa shape index (κ1) is 7.91. The molecular weight excluding hydrogens is 168 g/mol. The molecule has 0 aromatic rings. The lowest BCUT2D eigenvalue weighted by Crippen LogP contribution is -2.38. The average Bonchev–Trinajstić information content (AvgIpc) is 2.52. The molecule has 2 rings (SSSR count). The highest BCUT2D eigenvalue weighted by molar-refractivity contribution is 5.76. The number of piperidine rings is 1. The molecule has 2 aliphatic rings. The Balaban J connectivity index is 1.94. The molecule has 68 valence electrons. The van der Waals surface area contributed by atoms with E-state index in [1.165, 1.54) is 7.11 Å². The van der Waals surface area contributed by atoms with Crippen LogP contribution in [0.3, 0.4) is 0 Å². The van der Waals surface area contributed by atoms with Crippen LogP contribution in [0, 0.1) is 5.92 Å². The van der Waals surface area contributed by atoms with Gasteiger partial charge in [0, 0.05) is 5.92 Å². The van der Waals surface area contributed by atoms with E-state index in [2.05, 4.69) is 10.1 Å². The molecule has 3 atom stereocenters. The van der Waals surface area contributed by atoms with Crippen LogP contribution in [-0.2, 0) is 9.53 Å². The van der Waals surface area contributed by atoms with E-state index in [-0.39, 0.29) is 6.42 Å². The summed E-state index contributed by atoms with van der Waals surface area (Å²) in [5, 5.41) is 2.54. The van der Waals surface area contributed by atoms with Crippen LogP contribution >= 0.6 is 0 Å². The summed E-state index contributed by atoms with van der Waals surface area (Å²) >= 11 is 0. The Morgan fingerprint density at radius 2 is 2.33 bits per heavy atom. The van der Waals surface area contributed by atoms with Gasteiger partial charge in [-0.1, -0.05) is 0 Å². The lowest BCUT2D eigenvalue weighted by Gasteiger charge is -2.12. The Bertz CT molecular complexity index is 217. The number of alkyl halides is 2. The van der Waals surface area contributed by atoms with E-state index in [0.717, 1.165) is 0 Å². The summed E-state index contributed by atoms with van der Waals surface area (Å²) in [7, 11) is 1.26. The van der Waals surface area contributed by atoms with Crippen molar-refractivity contribution >= 4 is 5.97 Å². The maximum Gasteiger partial charge on any atom is 0.322 e. The largest absolute Gasteiger partial charge is 0.468 e. The molecule has 0 amide bonds. The molecule has 5 heteroatoms. The Kier molecular flexibility index (Phi) is 1.42. The molecule has 12 heavy (non-hydrogen) atoms. The van der Waals surface area contributed by atoms with Crippen LogP contribution in [0.15, 0.2) is 0 Å². The van der Waals surface area contributed by atoms with Gasteiger partial charge in [0.05, 0.1) is 13.2 Å². The predicted molar refractivity (Wildman–Crippen MR) is 35.8 cm³/mol. The minimum atomic E-state index is -2.59. The van der Waals surface area contributed by atoms with Crippen molar-refractivity contribution in [2.24, 2.45) is 5.92 Å². The summed E-state index contributed by atoms with van der Waals surface area (Å²) in [5.41, 5.74) is 0. The Hall–Kier alpha value is -0.710. The molecule has 1 aliphatic heterocycles. The number of fused-ring (bicyclic) bond motifs is 1. The maximum atomic E-state index is 12.6. The van der Waals surface area contributed by atoms with Gasteiger partial charge >= 0.3 is 5.97 Å². The van der Waals surface area contributed by atoms with Gasteiger partial charge in [-0.2, -0.15) is 0 Å². The van der Waals surface area contributed by atoms with Crippen LogP contribution < -0.4 is 5.32 Å². The molecule has 0 aromatic carbocycles.